The summed E-state index contributed by atoms with van der Waals surface area (Å²) in [6.07, 6.45) is 4.09. The quantitative estimate of drug-likeness (QED) is 0.693. The summed E-state index contributed by atoms with van der Waals surface area (Å²) in [6, 6.07) is 15.3. The van der Waals surface area contributed by atoms with Gasteiger partial charge in [-0.1, -0.05) is 36.4 Å². The van der Waals surface area contributed by atoms with E-state index < -0.39 is 5.60 Å². The minimum atomic E-state index is -1.27. The number of benzene rings is 1. The largest absolute Gasteiger partial charge is 0.472 e. The maximum Gasteiger partial charge on any atom is 0.220 e. The molecular weight excluding hydrogens is 322 g/mol. The Morgan fingerprint density at radius 3 is 2.67 bits per heavy atom. The second kappa shape index (κ2) is 7.47. The fourth-order valence-electron chi connectivity index (χ4n) is 2.56. The van der Waals surface area contributed by atoms with Crippen molar-refractivity contribution in [3.63, 3.8) is 0 Å². The third kappa shape index (κ3) is 3.75. The monoisotopic (exact) mass is 341 g/mol. The molecule has 2 aromatic heterocycles. The highest BCUT2D eigenvalue weighted by Gasteiger charge is 2.34. The number of thiophene rings is 1. The molecule has 5 heteroatoms. The van der Waals surface area contributed by atoms with Gasteiger partial charge in [0.1, 0.15) is 5.60 Å². The van der Waals surface area contributed by atoms with Gasteiger partial charge in [-0.2, -0.15) is 0 Å². The average molecular weight is 341 g/mol. The van der Waals surface area contributed by atoms with Crippen molar-refractivity contribution in [3.05, 3.63) is 82.4 Å². The molecular formula is C19H19NO3S. The van der Waals surface area contributed by atoms with Crippen LogP contribution in [0.1, 0.15) is 22.4 Å². The molecule has 0 unspecified atom stereocenters. The zero-order chi connectivity index (χ0) is 16.8. The highest BCUT2D eigenvalue weighted by Crippen LogP contribution is 2.32. The number of rotatable bonds is 7. The third-order valence-electron chi connectivity index (χ3n) is 3.95. The van der Waals surface area contributed by atoms with E-state index in [1.165, 1.54) is 23.9 Å². The van der Waals surface area contributed by atoms with Crippen molar-refractivity contribution in [2.24, 2.45) is 0 Å². The first kappa shape index (κ1) is 16.5. The number of hydrogen-bond acceptors (Lipinski definition) is 4. The van der Waals surface area contributed by atoms with Crippen LogP contribution in [-0.4, -0.2) is 17.6 Å². The topological polar surface area (TPSA) is 62.5 Å². The van der Waals surface area contributed by atoms with Crippen molar-refractivity contribution in [1.29, 1.82) is 0 Å². The summed E-state index contributed by atoms with van der Waals surface area (Å²) in [6.45, 7) is 0.112. The molecule has 1 amide bonds. The maximum atomic E-state index is 12.2. The second-order valence-electron chi connectivity index (χ2n) is 5.61. The highest BCUT2D eigenvalue weighted by atomic mass is 32.1. The number of nitrogens with one attached hydrogen (secondary N) is 1. The zero-order valence-corrected chi connectivity index (χ0v) is 14.0. The molecule has 0 aliphatic heterocycles. The molecule has 0 aliphatic rings. The summed E-state index contributed by atoms with van der Waals surface area (Å²) in [5.41, 5.74) is 0.480. The van der Waals surface area contributed by atoms with E-state index in [4.69, 9.17) is 4.42 Å². The van der Waals surface area contributed by atoms with Crippen LogP contribution in [0.15, 0.2) is 70.9 Å². The fraction of sp³-hybridized carbons (Fsp3) is 0.211. The van der Waals surface area contributed by atoms with E-state index in [9.17, 15) is 9.90 Å². The Bertz CT molecular complexity index is 717. The molecule has 0 bridgehead atoms. The van der Waals surface area contributed by atoms with E-state index in [2.05, 4.69) is 5.32 Å². The van der Waals surface area contributed by atoms with Crippen molar-refractivity contribution >= 4 is 17.2 Å². The first-order valence-corrected chi connectivity index (χ1v) is 8.66. The third-order valence-corrected chi connectivity index (χ3v) is 4.97. The van der Waals surface area contributed by atoms with Crippen molar-refractivity contribution < 1.29 is 14.3 Å². The average Bonchev–Trinajstić information content (AvgIpc) is 3.32. The lowest BCUT2D eigenvalue weighted by Gasteiger charge is -2.26. The molecule has 0 saturated heterocycles. The molecule has 124 valence electrons. The summed E-state index contributed by atoms with van der Waals surface area (Å²) >= 11 is 1.45. The molecule has 0 spiro atoms. The van der Waals surface area contributed by atoms with Crippen LogP contribution in [0.4, 0.5) is 0 Å². The Hall–Kier alpha value is -2.37. The SMILES string of the molecule is O=C(CCc1ccccc1)NC[C@@](O)(c1ccoc1)c1cccs1. The van der Waals surface area contributed by atoms with Crippen LogP contribution < -0.4 is 5.32 Å². The molecule has 0 fully saturated rings. The smallest absolute Gasteiger partial charge is 0.220 e. The zero-order valence-electron chi connectivity index (χ0n) is 13.1. The Labute approximate surface area is 144 Å². The van der Waals surface area contributed by atoms with Crippen LogP contribution in [0.2, 0.25) is 0 Å². The summed E-state index contributed by atoms with van der Waals surface area (Å²) in [4.78, 5) is 12.9. The van der Waals surface area contributed by atoms with Crippen molar-refractivity contribution in [2.45, 2.75) is 18.4 Å². The molecule has 1 atom stereocenters. The number of aliphatic hydroxyl groups is 1. The standard InChI is InChI=1S/C19H19NO3S/c21-18(9-8-15-5-2-1-3-6-15)20-14-19(22,16-10-11-23-13-16)17-7-4-12-24-17/h1-7,10-13,22H,8-9,14H2,(H,20,21)/t19-/m1/s1. The number of carbonyl (C=O) groups is 1. The van der Waals surface area contributed by atoms with Gasteiger partial charge in [0, 0.05) is 16.9 Å². The molecule has 3 aromatic rings. The molecule has 0 radical (unpaired) electrons. The summed E-state index contributed by atoms with van der Waals surface area (Å²) < 4.78 is 5.10. The summed E-state index contributed by atoms with van der Waals surface area (Å²) in [7, 11) is 0. The Balaban J connectivity index is 1.63. The van der Waals surface area contributed by atoms with Gasteiger partial charge in [-0.25, -0.2) is 0 Å². The lowest BCUT2D eigenvalue weighted by molar-refractivity contribution is -0.122. The van der Waals surface area contributed by atoms with Crippen LogP contribution in [0.5, 0.6) is 0 Å². The van der Waals surface area contributed by atoms with Gasteiger partial charge < -0.3 is 14.8 Å². The predicted molar refractivity (Wildman–Crippen MR) is 93.8 cm³/mol. The van der Waals surface area contributed by atoms with Crippen molar-refractivity contribution in [2.75, 3.05) is 6.54 Å². The molecule has 0 aliphatic carbocycles. The van der Waals surface area contributed by atoms with Crippen LogP contribution in [0.3, 0.4) is 0 Å². The number of amides is 1. The Morgan fingerprint density at radius 1 is 1.17 bits per heavy atom. The van der Waals surface area contributed by atoms with Crippen molar-refractivity contribution in [1.82, 2.24) is 5.32 Å². The van der Waals surface area contributed by atoms with E-state index in [1.54, 1.807) is 6.07 Å². The lowest BCUT2D eigenvalue weighted by atomic mass is 9.94. The van der Waals surface area contributed by atoms with E-state index in [0.717, 1.165) is 10.4 Å². The summed E-state index contributed by atoms with van der Waals surface area (Å²) in [5.74, 6) is -0.0858. The fourth-order valence-corrected chi connectivity index (χ4v) is 3.41. The van der Waals surface area contributed by atoms with E-state index in [1.807, 2.05) is 47.8 Å². The predicted octanol–water partition coefficient (Wildman–Crippen LogP) is 3.33. The van der Waals surface area contributed by atoms with Gasteiger partial charge in [-0.3, -0.25) is 4.79 Å². The first-order chi connectivity index (χ1) is 11.7. The Kier molecular flexibility index (Phi) is 5.13. The minimum Gasteiger partial charge on any atom is -0.472 e. The van der Waals surface area contributed by atoms with E-state index in [0.29, 0.717) is 18.4 Å². The van der Waals surface area contributed by atoms with Gasteiger partial charge in [0.05, 0.1) is 19.1 Å². The molecule has 24 heavy (non-hydrogen) atoms. The van der Waals surface area contributed by atoms with Crippen molar-refractivity contribution in [3.8, 4) is 0 Å². The number of carbonyl (C=O) groups excluding carboxylic acids is 1. The molecule has 0 saturated carbocycles. The maximum absolute atomic E-state index is 12.2. The highest BCUT2D eigenvalue weighted by molar-refractivity contribution is 7.10. The minimum absolute atomic E-state index is 0.0858. The van der Waals surface area contributed by atoms with Crippen LogP contribution in [0, 0.1) is 0 Å². The van der Waals surface area contributed by atoms with E-state index >= 15 is 0 Å². The van der Waals surface area contributed by atoms with Gasteiger partial charge in [0.2, 0.25) is 5.91 Å². The van der Waals surface area contributed by atoms with Gasteiger partial charge in [-0.15, -0.1) is 11.3 Å². The first-order valence-electron chi connectivity index (χ1n) is 7.78. The lowest BCUT2D eigenvalue weighted by Crippen LogP contribution is -2.41. The van der Waals surface area contributed by atoms with Gasteiger partial charge >= 0.3 is 0 Å². The number of aryl methyl sites for hydroxylation is 1. The number of furan rings is 1. The molecule has 2 N–H and O–H groups in total. The van der Waals surface area contributed by atoms with Gasteiger partial charge in [0.15, 0.2) is 0 Å². The van der Waals surface area contributed by atoms with Gasteiger partial charge in [0.25, 0.3) is 0 Å². The van der Waals surface area contributed by atoms with Crippen LogP contribution in [0.25, 0.3) is 0 Å². The van der Waals surface area contributed by atoms with E-state index in [-0.39, 0.29) is 12.5 Å². The second-order valence-corrected chi connectivity index (χ2v) is 6.56. The Morgan fingerprint density at radius 2 is 2.00 bits per heavy atom. The van der Waals surface area contributed by atoms with Gasteiger partial charge in [-0.05, 0) is 29.5 Å². The molecule has 2 heterocycles. The normalized spacial score (nSPS) is 13.4. The molecule has 1 aromatic carbocycles. The van der Waals surface area contributed by atoms with Crippen LogP contribution >= 0.6 is 11.3 Å². The van der Waals surface area contributed by atoms with Crippen LogP contribution in [-0.2, 0) is 16.8 Å². The molecule has 3 rings (SSSR count). The summed E-state index contributed by atoms with van der Waals surface area (Å²) in [5, 5.41) is 15.8. The number of hydrogen-bond donors (Lipinski definition) is 2. The molecule has 4 nitrogen and oxygen atoms in total.